The van der Waals surface area contributed by atoms with Crippen LogP contribution in [0.1, 0.15) is 32.6 Å². The lowest BCUT2D eigenvalue weighted by molar-refractivity contribution is 0.485. The Bertz CT molecular complexity index is 391. The highest BCUT2D eigenvalue weighted by atomic mass is 79.9. The number of hydrazine groups is 1. The van der Waals surface area contributed by atoms with Crippen LogP contribution in [0, 0.1) is 5.41 Å². The molecule has 1 aromatic heterocycles. The maximum Gasteiger partial charge on any atom is 0.159 e. The number of anilines is 2. The van der Waals surface area contributed by atoms with Gasteiger partial charge in [0.15, 0.2) is 5.82 Å². The molecule has 0 spiro atoms. The number of halogens is 1. The van der Waals surface area contributed by atoms with Gasteiger partial charge in [-0.25, -0.2) is 15.8 Å². The Labute approximate surface area is 110 Å². The van der Waals surface area contributed by atoms with Gasteiger partial charge in [-0.1, -0.05) is 13.3 Å². The van der Waals surface area contributed by atoms with E-state index in [2.05, 4.69) is 43.6 Å². The van der Waals surface area contributed by atoms with Crippen LogP contribution in [0.15, 0.2) is 10.8 Å². The second-order valence-electron chi connectivity index (χ2n) is 4.63. The van der Waals surface area contributed by atoms with Crippen molar-refractivity contribution in [3.8, 4) is 0 Å². The minimum Gasteiger partial charge on any atom is -0.368 e. The molecule has 1 aliphatic carbocycles. The maximum atomic E-state index is 5.36. The van der Waals surface area contributed by atoms with Gasteiger partial charge in [0.1, 0.15) is 16.6 Å². The molecule has 94 valence electrons. The van der Waals surface area contributed by atoms with E-state index in [1.165, 1.54) is 32.0 Å². The minimum atomic E-state index is 0.495. The summed E-state index contributed by atoms with van der Waals surface area (Å²) in [5.41, 5.74) is 3.03. The van der Waals surface area contributed by atoms with Gasteiger partial charge in [0.05, 0.1) is 0 Å². The van der Waals surface area contributed by atoms with Gasteiger partial charge in [-0.2, -0.15) is 0 Å². The molecule has 0 bridgehead atoms. The van der Waals surface area contributed by atoms with Crippen molar-refractivity contribution in [2.75, 3.05) is 17.3 Å². The zero-order chi connectivity index (χ0) is 12.3. The second-order valence-corrected chi connectivity index (χ2v) is 5.43. The maximum absolute atomic E-state index is 5.36. The Morgan fingerprint density at radius 3 is 2.71 bits per heavy atom. The van der Waals surface area contributed by atoms with Crippen LogP contribution >= 0.6 is 15.9 Å². The van der Waals surface area contributed by atoms with E-state index >= 15 is 0 Å². The van der Waals surface area contributed by atoms with Crippen molar-refractivity contribution in [2.45, 2.75) is 32.6 Å². The van der Waals surface area contributed by atoms with Crippen LogP contribution in [-0.4, -0.2) is 16.5 Å². The van der Waals surface area contributed by atoms with Crippen LogP contribution in [0.5, 0.6) is 0 Å². The van der Waals surface area contributed by atoms with Crippen LogP contribution in [0.25, 0.3) is 0 Å². The summed E-state index contributed by atoms with van der Waals surface area (Å²) >= 11 is 3.44. The molecule has 0 radical (unpaired) electrons. The lowest BCUT2D eigenvalue weighted by atomic mass is 10.0. The first-order valence-corrected chi connectivity index (χ1v) is 6.71. The number of nitrogens with two attached hydrogens (primary N) is 1. The van der Waals surface area contributed by atoms with E-state index in [1.54, 1.807) is 0 Å². The predicted molar refractivity (Wildman–Crippen MR) is 72.6 cm³/mol. The first-order valence-electron chi connectivity index (χ1n) is 5.92. The number of nitrogen functional groups attached to an aromatic ring is 1. The molecule has 4 N–H and O–H groups in total. The normalized spacial score (nSPS) is 16.6. The summed E-state index contributed by atoms with van der Waals surface area (Å²) < 4.78 is 0.787. The van der Waals surface area contributed by atoms with Crippen LogP contribution in [0.4, 0.5) is 11.6 Å². The topological polar surface area (TPSA) is 75.9 Å². The Hall–Kier alpha value is -0.880. The number of hydrogen-bond acceptors (Lipinski definition) is 5. The van der Waals surface area contributed by atoms with Gasteiger partial charge in [-0.3, -0.25) is 0 Å². The fraction of sp³-hybridized carbons (Fsp3) is 0.636. The Morgan fingerprint density at radius 2 is 2.12 bits per heavy atom. The van der Waals surface area contributed by atoms with Crippen LogP contribution in [0.3, 0.4) is 0 Å². The van der Waals surface area contributed by atoms with Gasteiger partial charge in [-0.15, -0.1) is 0 Å². The average molecular weight is 300 g/mol. The van der Waals surface area contributed by atoms with Gasteiger partial charge in [0.25, 0.3) is 0 Å². The average Bonchev–Trinajstić information content (AvgIpc) is 3.09. The van der Waals surface area contributed by atoms with E-state index < -0.39 is 0 Å². The van der Waals surface area contributed by atoms with E-state index in [4.69, 9.17) is 5.84 Å². The molecule has 1 aromatic rings. The summed E-state index contributed by atoms with van der Waals surface area (Å²) in [4.78, 5) is 8.23. The Balaban J connectivity index is 1.99. The molecule has 6 heteroatoms. The molecular formula is C11H18BrN5. The lowest BCUT2D eigenvalue weighted by Crippen LogP contribution is -2.17. The van der Waals surface area contributed by atoms with E-state index in [-0.39, 0.29) is 0 Å². The SMILES string of the molecule is CCCC1(CNc2ncnc(NN)c2Br)CC1. The highest BCUT2D eigenvalue weighted by molar-refractivity contribution is 9.10. The summed E-state index contributed by atoms with van der Waals surface area (Å²) in [6, 6.07) is 0. The molecule has 0 aromatic carbocycles. The second kappa shape index (κ2) is 5.18. The summed E-state index contributed by atoms with van der Waals surface area (Å²) in [5, 5.41) is 3.38. The van der Waals surface area contributed by atoms with E-state index in [0.717, 1.165) is 16.8 Å². The van der Waals surface area contributed by atoms with Crippen molar-refractivity contribution in [2.24, 2.45) is 11.3 Å². The third-order valence-electron chi connectivity index (χ3n) is 3.29. The summed E-state index contributed by atoms with van der Waals surface area (Å²) in [6.07, 6.45) is 6.66. The van der Waals surface area contributed by atoms with Gasteiger partial charge in [0, 0.05) is 6.54 Å². The number of nitrogens with one attached hydrogen (secondary N) is 2. The van der Waals surface area contributed by atoms with Crippen molar-refractivity contribution in [1.82, 2.24) is 9.97 Å². The van der Waals surface area contributed by atoms with Crippen LogP contribution < -0.4 is 16.6 Å². The molecule has 0 aliphatic heterocycles. The summed E-state index contributed by atoms with van der Waals surface area (Å²) in [5.74, 6) is 6.76. The van der Waals surface area contributed by atoms with Crippen molar-refractivity contribution in [3.05, 3.63) is 10.8 Å². The number of rotatable bonds is 6. The molecule has 0 amide bonds. The highest BCUT2D eigenvalue weighted by Crippen LogP contribution is 2.49. The molecule has 1 heterocycles. The monoisotopic (exact) mass is 299 g/mol. The van der Waals surface area contributed by atoms with E-state index in [9.17, 15) is 0 Å². The van der Waals surface area contributed by atoms with Crippen LogP contribution in [0.2, 0.25) is 0 Å². The largest absolute Gasteiger partial charge is 0.368 e. The molecule has 5 nitrogen and oxygen atoms in total. The molecule has 1 aliphatic rings. The first kappa shape index (κ1) is 12.6. The highest BCUT2D eigenvalue weighted by Gasteiger charge is 2.41. The molecule has 0 saturated heterocycles. The fourth-order valence-corrected chi connectivity index (χ4v) is 2.55. The summed E-state index contributed by atoms with van der Waals surface area (Å²) in [6.45, 7) is 3.21. The fourth-order valence-electron chi connectivity index (χ4n) is 2.09. The minimum absolute atomic E-state index is 0.495. The number of hydrogen-bond donors (Lipinski definition) is 3. The standard InChI is InChI=1S/C11H18BrN5/c1-2-3-11(4-5-11)6-14-9-8(12)10(17-13)16-7-15-9/h7H,2-6,13H2,1H3,(H2,14,15,16,17). The zero-order valence-corrected chi connectivity index (χ0v) is 11.5. The zero-order valence-electron chi connectivity index (χ0n) is 9.96. The third-order valence-corrected chi connectivity index (χ3v) is 4.05. The van der Waals surface area contributed by atoms with Crippen molar-refractivity contribution in [1.29, 1.82) is 0 Å². The lowest BCUT2D eigenvalue weighted by Gasteiger charge is -2.16. The molecule has 0 unspecified atom stereocenters. The smallest absolute Gasteiger partial charge is 0.159 e. The van der Waals surface area contributed by atoms with Gasteiger partial charge >= 0.3 is 0 Å². The third kappa shape index (κ3) is 2.87. The summed E-state index contributed by atoms with van der Waals surface area (Å²) in [7, 11) is 0. The Kier molecular flexibility index (Phi) is 3.83. The van der Waals surface area contributed by atoms with Gasteiger partial charge < -0.3 is 10.7 Å². The van der Waals surface area contributed by atoms with E-state index in [0.29, 0.717) is 11.2 Å². The molecule has 2 rings (SSSR count). The molecular weight excluding hydrogens is 282 g/mol. The molecule has 17 heavy (non-hydrogen) atoms. The van der Waals surface area contributed by atoms with Gasteiger partial charge in [0.2, 0.25) is 0 Å². The first-order chi connectivity index (χ1) is 8.21. The van der Waals surface area contributed by atoms with Crippen molar-refractivity contribution < 1.29 is 0 Å². The molecule has 1 saturated carbocycles. The van der Waals surface area contributed by atoms with Crippen molar-refractivity contribution in [3.63, 3.8) is 0 Å². The van der Waals surface area contributed by atoms with Crippen molar-refractivity contribution >= 4 is 27.6 Å². The number of aromatic nitrogens is 2. The predicted octanol–water partition coefficient (Wildman–Crippen LogP) is 2.52. The molecule has 1 fully saturated rings. The van der Waals surface area contributed by atoms with Crippen LogP contribution in [-0.2, 0) is 0 Å². The van der Waals surface area contributed by atoms with E-state index in [1.807, 2.05) is 0 Å². The Morgan fingerprint density at radius 1 is 1.41 bits per heavy atom. The quantitative estimate of drug-likeness (QED) is 0.556. The number of nitrogens with zero attached hydrogens (tertiary/aromatic N) is 2. The van der Waals surface area contributed by atoms with Gasteiger partial charge in [-0.05, 0) is 40.6 Å². The molecule has 0 atom stereocenters.